The molecular weight excluding hydrogens is 388 g/mol. The van der Waals surface area contributed by atoms with Gasteiger partial charge < -0.3 is 5.32 Å². The maximum absolute atomic E-state index is 12.9. The predicted molar refractivity (Wildman–Crippen MR) is 74.5 cm³/mol. The second kappa shape index (κ2) is 6.54. The van der Waals surface area contributed by atoms with Gasteiger partial charge in [-0.2, -0.15) is 0 Å². The largest absolute Gasteiger partial charge is 0.350 e. The highest BCUT2D eigenvalue weighted by Gasteiger charge is 2.12. The highest BCUT2D eigenvalue weighted by Crippen LogP contribution is 2.14. The van der Waals surface area contributed by atoms with Crippen LogP contribution in [0, 0.1) is 9.39 Å². The van der Waals surface area contributed by atoms with E-state index in [1.54, 1.807) is 0 Å². The number of benzene rings is 1. The summed E-state index contributed by atoms with van der Waals surface area (Å²) in [7, 11) is 0. The van der Waals surface area contributed by atoms with E-state index in [-0.39, 0.29) is 17.8 Å². The van der Waals surface area contributed by atoms with E-state index in [2.05, 4.69) is 21.2 Å². The number of alkyl halides is 1. The van der Waals surface area contributed by atoms with Crippen LogP contribution in [0.25, 0.3) is 0 Å². The molecule has 0 aromatic heterocycles. The average Bonchev–Trinajstić information content (AvgIpc) is 2.17. The van der Waals surface area contributed by atoms with E-state index in [9.17, 15) is 9.18 Å². The van der Waals surface area contributed by atoms with Crippen LogP contribution in [-0.2, 0) is 0 Å². The first-order chi connectivity index (χ1) is 7.54. The molecule has 0 aliphatic heterocycles. The van der Waals surface area contributed by atoms with E-state index in [1.807, 2.05) is 29.5 Å². The van der Waals surface area contributed by atoms with E-state index in [0.717, 1.165) is 11.8 Å². The Hall–Kier alpha value is -0.170. The summed E-state index contributed by atoms with van der Waals surface area (Å²) in [6.45, 7) is 1.94. The molecule has 1 aromatic carbocycles. The van der Waals surface area contributed by atoms with Crippen LogP contribution in [0.15, 0.2) is 18.2 Å². The van der Waals surface area contributed by atoms with Crippen LogP contribution in [-0.4, -0.2) is 17.3 Å². The molecule has 5 heteroatoms. The van der Waals surface area contributed by atoms with E-state index >= 15 is 0 Å². The Kier molecular flexibility index (Phi) is 5.68. The molecule has 0 radical (unpaired) electrons. The number of hydrogen-bond acceptors (Lipinski definition) is 1. The van der Waals surface area contributed by atoms with Crippen LogP contribution in [0.1, 0.15) is 23.7 Å². The van der Waals surface area contributed by atoms with Gasteiger partial charge in [0.1, 0.15) is 5.82 Å². The predicted octanol–water partition coefficient (Wildman–Crippen LogP) is 3.33. The Bertz CT molecular complexity index is 386. The maximum Gasteiger partial charge on any atom is 0.252 e. The normalized spacial score (nSPS) is 12.2. The molecule has 0 bridgehead atoms. The lowest BCUT2D eigenvalue weighted by Gasteiger charge is -2.13. The zero-order valence-electron chi connectivity index (χ0n) is 8.77. The minimum Gasteiger partial charge on any atom is -0.350 e. The highest BCUT2D eigenvalue weighted by atomic mass is 127. The minimum absolute atomic E-state index is 0.104. The van der Waals surface area contributed by atoms with Gasteiger partial charge in [-0.3, -0.25) is 4.79 Å². The van der Waals surface area contributed by atoms with Gasteiger partial charge in [0, 0.05) is 14.9 Å². The van der Waals surface area contributed by atoms with Crippen LogP contribution in [0.3, 0.4) is 0 Å². The van der Waals surface area contributed by atoms with Gasteiger partial charge in [0.25, 0.3) is 5.91 Å². The first kappa shape index (κ1) is 13.9. The molecule has 0 aliphatic rings. The minimum atomic E-state index is -0.325. The SMILES string of the molecule is CC(CCBr)NC(=O)c1ccc(F)cc1I. The fraction of sp³-hybridized carbons (Fsp3) is 0.364. The molecule has 1 atom stereocenters. The van der Waals surface area contributed by atoms with Crippen LogP contribution in [0.2, 0.25) is 0 Å². The number of carbonyl (C=O) groups excluding carboxylic acids is 1. The Morgan fingerprint density at radius 3 is 2.88 bits per heavy atom. The van der Waals surface area contributed by atoms with Crippen LogP contribution in [0.4, 0.5) is 4.39 Å². The number of halogens is 3. The molecule has 0 spiro atoms. The fourth-order valence-corrected chi connectivity index (χ4v) is 2.62. The zero-order valence-corrected chi connectivity index (χ0v) is 12.5. The maximum atomic E-state index is 12.9. The van der Waals surface area contributed by atoms with E-state index in [1.165, 1.54) is 18.2 Å². The molecule has 1 aromatic rings. The van der Waals surface area contributed by atoms with Crippen molar-refractivity contribution in [1.82, 2.24) is 5.32 Å². The number of amides is 1. The molecular formula is C11H12BrFINO. The molecule has 1 rings (SSSR count). The van der Waals surface area contributed by atoms with Crippen molar-refractivity contribution in [2.75, 3.05) is 5.33 Å². The Morgan fingerprint density at radius 2 is 2.31 bits per heavy atom. The lowest BCUT2D eigenvalue weighted by Crippen LogP contribution is -2.33. The topological polar surface area (TPSA) is 29.1 Å². The number of rotatable bonds is 4. The summed E-state index contributed by atoms with van der Waals surface area (Å²) in [4.78, 5) is 11.8. The van der Waals surface area contributed by atoms with Crippen molar-refractivity contribution in [3.63, 3.8) is 0 Å². The molecule has 1 amide bonds. The van der Waals surface area contributed by atoms with E-state index in [0.29, 0.717) is 9.13 Å². The van der Waals surface area contributed by atoms with Crippen molar-refractivity contribution in [3.05, 3.63) is 33.1 Å². The van der Waals surface area contributed by atoms with Crippen molar-refractivity contribution < 1.29 is 9.18 Å². The van der Waals surface area contributed by atoms with Crippen molar-refractivity contribution in [1.29, 1.82) is 0 Å². The van der Waals surface area contributed by atoms with E-state index in [4.69, 9.17) is 0 Å². The lowest BCUT2D eigenvalue weighted by atomic mass is 10.2. The molecule has 16 heavy (non-hydrogen) atoms. The number of nitrogens with one attached hydrogen (secondary N) is 1. The van der Waals surface area contributed by atoms with Crippen LogP contribution >= 0.6 is 38.5 Å². The summed E-state index contributed by atoms with van der Waals surface area (Å²) >= 11 is 5.28. The lowest BCUT2D eigenvalue weighted by molar-refractivity contribution is 0.0938. The van der Waals surface area contributed by atoms with Crippen molar-refractivity contribution in [2.24, 2.45) is 0 Å². The summed E-state index contributed by atoms with van der Waals surface area (Å²) < 4.78 is 13.5. The summed E-state index contributed by atoms with van der Waals surface area (Å²) in [5, 5.41) is 3.70. The molecule has 2 nitrogen and oxygen atoms in total. The summed E-state index contributed by atoms with van der Waals surface area (Å²) in [6, 6.07) is 4.26. The fourth-order valence-electron chi connectivity index (χ4n) is 1.21. The Labute approximate surface area is 116 Å². The standard InChI is InChI=1S/C11H12BrFINO/c1-7(4-5-12)15-11(16)9-3-2-8(13)6-10(9)14/h2-3,6-7H,4-5H2,1H3,(H,15,16). The molecule has 0 saturated heterocycles. The monoisotopic (exact) mass is 399 g/mol. The Balaban J connectivity index is 2.73. The molecule has 1 unspecified atom stereocenters. The van der Waals surface area contributed by atoms with Gasteiger partial charge in [-0.15, -0.1) is 0 Å². The Morgan fingerprint density at radius 1 is 1.62 bits per heavy atom. The summed E-state index contributed by atoms with van der Waals surface area (Å²) in [6.07, 6.45) is 0.865. The van der Waals surface area contributed by atoms with Gasteiger partial charge >= 0.3 is 0 Å². The summed E-state index contributed by atoms with van der Waals surface area (Å²) in [5.41, 5.74) is 0.517. The molecule has 88 valence electrons. The van der Waals surface area contributed by atoms with Crippen LogP contribution in [0.5, 0.6) is 0 Å². The molecule has 0 aliphatic carbocycles. The molecule has 0 fully saturated rings. The number of carbonyl (C=O) groups is 1. The van der Waals surface area contributed by atoms with Gasteiger partial charge in [0.15, 0.2) is 0 Å². The van der Waals surface area contributed by atoms with E-state index < -0.39 is 0 Å². The quantitative estimate of drug-likeness (QED) is 0.610. The third-order valence-electron chi connectivity index (χ3n) is 2.10. The van der Waals surface area contributed by atoms with Gasteiger partial charge in [0.2, 0.25) is 0 Å². The first-order valence-electron chi connectivity index (χ1n) is 4.86. The van der Waals surface area contributed by atoms with Gasteiger partial charge in [0.05, 0.1) is 5.56 Å². The third kappa shape index (κ3) is 4.01. The summed E-state index contributed by atoms with van der Waals surface area (Å²) in [5.74, 6) is -0.479. The zero-order chi connectivity index (χ0) is 12.1. The smallest absolute Gasteiger partial charge is 0.252 e. The highest BCUT2D eigenvalue weighted by molar-refractivity contribution is 14.1. The second-order valence-corrected chi connectivity index (χ2v) is 5.43. The number of hydrogen-bond donors (Lipinski definition) is 1. The molecule has 0 heterocycles. The molecule has 0 saturated carbocycles. The first-order valence-corrected chi connectivity index (χ1v) is 7.06. The second-order valence-electron chi connectivity index (χ2n) is 3.48. The van der Waals surface area contributed by atoms with Gasteiger partial charge in [-0.1, -0.05) is 15.9 Å². The average molecular weight is 400 g/mol. The third-order valence-corrected chi connectivity index (χ3v) is 3.45. The van der Waals surface area contributed by atoms with Crippen molar-refractivity contribution in [2.45, 2.75) is 19.4 Å². The molecule has 1 N–H and O–H groups in total. The van der Waals surface area contributed by atoms with Crippen LogP contribution < -0.4 is 5.32 Å². The van der Waals surface area contributed by atoms with Crippen molar-refractivity contribution in [3.8, 4) is 0 Å². The van der Waals surface area contributed by atoms with Gasteiger partial charge in [-0.25, -0.2) is 4.39 Å². The van der Waals surface area contributed by atoms with Gasteiger partial charge in [-0.05, 0) is 54.1 Å². The van der Waals surface area contributed by atoms with Crippen molar-refractivity contribution >= 4 is 44.4 Å².